The second-order valence-electron chi connectivity index (χ2n) is 8.68. The number of nitrogens with zero attached hydrogens (tertiary/aromatic N) is 3. The molecule has 0 bridgehead atoms. The summed E-state index contributed by atoms with van der Waals surface area (Å²) in [6.07, 6.45) is 0.557. The fraction of sp³-hybridized carbons (Fsp3) is 0.400. The first-order chi connectivity index (χ1) is 16.4. The number of amides is 4. The molecule has 4 amide bonds. The summed E-state index contributed by atoms with van der Waals surface area (Å²) in [5, 5.41) is 5.38. The summed E-state index contributed by atoms with van der Waals surface area (Å²) >= 11 is 5.92. The van der Waals surface area contributed by atoms with Crippen LogP contribution in [0.3, 0.4) is 0 Å². The number of hydrogen-bond donors (Lipinski definition) is 2. The molecule has 2 saturated heterocycles. The monoisotopic (exact) mass is 483 g/mol. The predicted molar refractivity (Wildman–Crippen MR) is 130 cm³/mol. The maximum atomic E-state index is 13.5. The quantitative estimate of drug-likeness (QED) is 0.602. The van der Waals surface area contributed by atoms with Crippen LogP contribution in [-0.4, -0.2) is 70.4 Å². The fourth-order valence-corrected chi connectivity index (χ4v) is 4.82. The third-order valence-electron chi connectivity index (χ3n) is 6.42. The van der Waals surface area contributed by atoms with E-state index in [9.17, 15) is 14.4 Å². The molecule has 8 nitrogen and oxygen atoms in total. The summed E-state index contributed by atoms with van der Waals surface area (Å²) in [4.78, 5) is 42.6. The summed E-state index contributed by atoms with van der Waals surface area (Å²) in [5.74, 6) is -0.496. The number of fused-ring (bicyclic) bond motifs is 1. The lowest BCUT2D eigenvalue weighted by Gasteiger charge is -2.43. The minimum atomic E-state index is -0.530. The van der Waals surface area contributed by atoms with Gasteiger partial charge in [0.2, 0.25) is 5.91 Å². The molecule has 2 heterocycles. The number of hydrazine groups is 1. The number of benzene rings is 2. The summed E-state index contributed by atoms with van der Waals surface area (Å²) in [6.45, 7) is 4.98. The van der Waals surface area contributed by atoms with Crippen LogP contribution in [0.15, 0.2) is 54.6 Å². The van der Waals surface area contributed by atoms with Crippen molar-refractivity contribution in [2.75, 3.05) is 19.6 Å². The third-order valence-corrected chi connectivity index (χ3v) is 6.67. The van der Waals surface area contributed by atoms with Crippen LogP contribution >= 0.6 is 11.6 Å². The number of carbonyl (C=O) groups is 3. The Balaban J connectivity index is 1.49. The average Bonchev–Trinajstić information content (AvgIpc) is 3.18. The van der Waals surface area contributed by atoms with Gasteiger partial charge in [-0.25, -0.2) is 15.2 Å². The Hall–Kier alpha value is -2.94. The van der Waals surface area contributed by atoms with Gasteiger partial charge in [0.15, 0.2) is 0 Å². The van der Waals surface area contributed by atoms with Gasteiger partial charge in [0, 0.05) is 30.7 Å². The van der Waals surface area contributed by atoms with Crippen molar-refractivity contribution < 1.29 is 14.4 Å². The highest BCUT2D eigenvalue weighted by Gasteiger charge is 2.54. The van der Waals surface area contributed by atoms with E-state index in [1.165, 1.54) is 4.90 Å². The van der Waals surface area contributed by atoms with Crippen LogP contribution in [0.4, 0.5) is 4.79 Å². The Bertz CT molecular complexity index is 1030. The standard InChI is InChI=1S/C25H30ClN5O3/c1-3-31-23-22(17(2)28-31)30(16-21(32)27-15-19-9-11-20(26)12-10-19)25(34)29(24(23)33)14-13-18-7-5-4-6-8-18/h4-12,17,22-23,28H,3,13-16H2,1-2H3,(H,27,32). The van der Waals surface area contributed by atoms with E-state index in [2.05, 4.69) is 10.7 Å². The third kappa shape index (κ3) is 5.09. The highest BCUT2D eigenvalue weighted by molar-refractivity contribution is 6.30. The molecule has 9 heteroatoms. The van der Waals surface area contributed by atoms with Gasteiger partial charge >= 0.3 is 6.03 Å². The van der Waals surface area contributed by atoms with Gasteiger partial charge in [-0.05, 0) is 36.6 Å². The van der Waals surface area contributed by atoms with Gasteiger partial charge in [-0.3, -0.25) is 14.5 Å². The van der Waals surface area contributed by atoms with E-state index in [0.717, 1.165) is 11.1 Å². The highest BCUT2D eigenvalue weighted by atomic mass is 35.5. The van der Waals surface area contributed by atoms with Crippen molar-refractivity contribution in [2.24, 2.45) is 0 Å². The minimum absolute atomic E-state index is 0.119. The minimum Gasteiger partial charge on any atom is -0.350 e. The molecule has 34 heavy (non-hydrogen) atoms. The Labute approximate surface area is 204 Å². The van der Waals surface area contributed by atoms with Gasteiger partial charge in [-0.2, -0.15) is 0 Å². The van der Waals surface area contributed by atoms with Crippen LogP contribution in [0, 0.1) is 0 Å². The SMILES string of the molecule is CCN1NC(C)C2C1C(=O)N(CCc1ccccc1)C(=O)N2CC(=O)NCc1ccc(Cl)cc1. The topological polar surface area (TPSA) is 85.0 Å². The average molecular weight is 484 g/mol. The lowest BCUT2D eigenvalue weighted by atomic mass is 9.97. The van der Waals surface area contributed by atoms with Crippen molar-refractivity contribution in [3.8, 4) is 0 Å². The second-order valence-corrected chi connectivity index (χ2v) is 9.11. The molecule has 2 N–H and O–H groups in total. The number of imide groups is 1. The van der Waals surface area contributed by atoms with Gasteiger partial charge in [0.25, 0.3) is 5.91 Å². The number of rotatable bonds is 8. The van der Waals surface area contributed by atoms with Crippen molar-refractivity contribution >= 4 is 29.4 Å². The molecule has 3 unspecified atom stereocenters. The number of likely N-dealkylation sites (N-methyl/N-ethyl adjacent to an activating group) is 1. The molecule has 2 aromatic carbocycles. The van der Waals surface area contributed by atoms with E-state index in [1.54, 1.807) is 17.0 Å². The van der Waals surface area contributed by atoms with Gasteiger partial charge in [0.1, 0.15) is 12.6 Å². The summed E-state index contributed by atoms with van der Waals surface area (Å²) in [5.41, 5.74) is 5.26. The molecule has 2 aliphatic heterocycles. The Kier molecular flexibility index (Phi) is 7.50. The van der Waals surface area contributed by atoms with E-state index in [-0.39, 0.29) is 30.9 Å². The van der Waals surface area contributed by atoms with Crippen molar-refractivity contribution in [1.29, 1.82) is 0 Å². The highest BCUT2D eigenvalue weighted by Crippen LogP contribution is 2.28. The molecule has 4 rings (SSSR count). The van der Waals surface area contributed by atoms with Gasteiger partial charge in [0.05, 0.1) is 6.04 Å². The Morgan fingerprint density at radius 2 is 1.76 bits per heavy atom. The zero-order chi connectivity index (χ0) is 24.2. The van der Waals surface area contributed by atoms with Crippen LogP contribution in [0.25, 0.3) is 0 Å². The number of carbonyl (C=O) groups excluding carboxylic acids is 3. The second kappa shape index (κ2) is 10.5. The molecule has 0 aliphatic carbocycles. The molecule has 0 aromatic heterocycles. The first-order valence-corrected chi connectivity index (χ1v) is 12.0. The van der Waals surface area contributed by atoms with E-state index >= 15 is 0 Å². The lowest BCUT2D eigenvalue weighted by molar-refractivity contribution is -0.140. The molecule has 180 valence electrons. The number of nitrogens with one attached hydrogen (secondary N) is 2. The summed E-state index contributed by atoms with van der Waals surface area (Å²) in [6, 6.07) is 15.4. The lowest BCUT2D eigenvalue weighted by Crippen LogP contribution is -2.68. The van der Waals surface area contributed by atoms with Crippen molar-refractivity contribution in [3.05, 3.63) is 70.7 Å². The maximum absolute atomic E-state index is 13.5. The van der Waals surface area contributed by atoms with Crippen LogP contribution < -0.4 is 10.7 Å². The molecular weight excluding hydrogens is 454 g/mol. The zero-order valence-corrected chi connectivity index (χ0v) is 20.2. The molecule has 0 saturated carbocycles. The number of hydrogen-bond acceptors (Lipinski definition) is 5. The maximum Gasteiger partial charge on any atom is 0.327 e. The molecule has 2 aromatic rings. The largest absolute Gasteiger partial charge is 0.350 e. The van der Waals surface area contributed by atoms with Gasteiger partial charge in [-0.15, -0.1) is 0 Å². The van der Waals surface area contributed by atoms with Crippen molar-refractivity contribution in [3.63, 3.8) is 0 Å². The smallest absolute Gasteiger partial charge is 0.327 e. The van der Waals surface area contributed by atoms with Gasteiger partial charge < -0.3 is 10.2 Å². The van der Waals surface area contributed by atoms with E-state index in [0.29, 0.717) is 24.5 Å². The Morgan fingerprint density at radius 3 is 2.44 bits per heavy atom. The van der Waals surface area contributed by atoms with Crippen molar-refractivity contribution in [1.82, 2.24) is 25.6 Å². The van der Waals surface area contributed by atoms with Crippen LogP contribution in [0.1, 0.15) is 25.0 Å². The molecular formula is C25H30ClN5O3. The van der Waals surface area contributed by atoms with Gasteiger partial charge in [-0.1, -0.05) is 61.0 Å². The van der Waals surface area contributed by atoms with E-state index in [1.807, 2.05) is 61.3 Å². The van der Waals surface area contributed by atoms with Crippen molar-refractivity contribution in [2.45, 2.75) is 44.9 Å². The normalized spacial score (nSPS) is 22.7. The molecule has 3 atom stereocenters. The molecule has 2 fully saturated rings. The number of halogens is 1. The van der Waals surface area contributed by atoms with Crippen LogP contribution in [0.2, 0.25) is 5.02 Å². The summed E-state index contributed by atoms with van der Waals surface area (Å²) < 4.78 is 0. The molecule has 0 radical (unpaired) electrons. The number of urea groups is 1. The van der Waals surface area contributed by atoms with Crippen LogP contribution in [-0.2, 0) is 22.6 Å². The fourth-order valence-electron chi connectivity index (χ4n) is 4.70. The van der Waals surface area contributed by atoms with E-state index in [4.69, 9.17) is 11.6 Å². The summed E-state index contributed by atoms with van der Waals surface area (Å²) in [7, 11) is 0. The van der Waals surface area contributed by atoms with Crippen LogP contribution in [0.5, 0.6) is 0 Å². The zero-order valence-electron chi connectivity index (χ0n) is 19.4. The molecule has 0 spiro atoms. The first kappa shape index (κ1) is 24.2. The predicted octanol–water partition coefficient (Wildman–Crippen LogP) is 2.43. The van der Waals surface area contributed by atoms with E-state index < -0.39 is 18.1 Å². The Morgan fingerprint density at radius 1 is 1.06 bits per heavy atom. The first-order valence-electron chi connectivity index (χ1n) is 11.6. The molecule has 2 aliphatic rings.